The fraction of sp³-hybridized carbons (Fsp3) is 1.00. The summed E-state index contributed by atoms with van der Waals surface area (Å²) in [4.78, 5) is 0. The van der Waals surface area contributed by atoms with Crippen LogP contribution in [0.4, 0.5) is 4.39 Å². The maximum Gasteiger partial charge on any atom is 0.342 e. The Labute approximate surface area is 46.0 Å². The largest absolute Gasteiger partial charge is 0.370 e. The molecule has 0 saturated carbocycles. The van der Waals surface area contributed by atoms with Crippen LogP contribution in [0.1, 0.15) is 0 Å². The molecule has 4 heteroatoms. The van der Waals surface area contributed by atoms with Gasteiger partial charge in [0, 0.05) is 0 Å². The number of hydrogen-bond acceptors (Lipinski definition) is 3. The quantitative estimate of drug-likeness (QED) is 0.477. The van der Waals surface area contributed by atoms with Crippen molar-refractivity contribution in [2.75, 3.05) is 19.8 Å². The summed E-state index contributed by atoms with van der Waals surface area (Å²) in [5, 5.41) is 8.36. The number of halogens is 1. The Bertz CT molecular complexity index is 75.4. The van der Waals surface area contributed by atoms with E-state index >= 15 is 0 Å². The Balaban J connectivity index is 2.33. The highest BCUT2D eigenvalue weighted by Gasteiger charge is 2.30. The zero-order valence-electron chi connectivity index (χ0n) is 4.26. The molecule has 0 spiro atoms. The van der Waals surface area contributed by atoms with Crippen LogP contribution in [-0.2, 0) is 9.47 Å². The third-order valence-corrected chi connectivity index (χ3v) is 0.831. The molecular weight excluding hydrogens is 115 g/mol. The van der Waals surface area contributed by atoms with E-state index in [0.717, 1.165) is 0 Å². The zero-order valence-corrected chi connectivity index (χ0v) is 4.26. The van der Waals surface area contributed by atoms with Gasteiger partial charge < -0.3 is 14.6 Å². The van der Waals surface area contributed by atoms with Gasteiger partial charge in [-0.25, -0.2) is 0 Å². The van der Waals surface area contributed by atoms with E-state index in [0.29, 0.717) is 6.61 Å². The van der Waals surface area contributed by atoms with Crippen molar-refractivity contribution >= 4 is 0 Å². The summed E-state index contributed by atoms with van der Waals surface area (Å²) in [5.74, 6) is 0. The lowest BCUT2D eigenvalue weighted by atomic mass is 10.5. The van der Waals surface area contributed by atoms with Crippen molar-refractivity contribution in [2.45, 2.75) is 6.04 Å². The maximum absolute atomic E-state index is 12.1. The van der Waals surface area contributed by atoms with E-state index in [-0.39, 0.29) is 13.2 Å². The van der Waals surface area contributed by atoms with Gasteiger partial charge in [-0.3, -0.25) is 0 Å². The molecule has 0 aliphatic carbocycles. The molecule has 48 valence electrons. The molecule has 8 heavy (non-hydrogen) atoms. The van der Waals surface area contributed by atoms with Crippen LogP contribution < -0.4 is 0 Å². The molecule has 0 bridgehead atoms. The van der Waals surface area contributed by atoms with Crippen LogP contribution in [0.15, 0.2) is 0 Å². The molecular formula is C4H7FO3. The van der Waals surface area contributed by atoms with Crippen LogP contribution in [0.25, 0.3) is 0 Å². The molecule has 1 atom stereocenters. The second kappa shape index (κ2) is 1.97. The molecule has 3 nitrogen and oxygen atoms in total. The maximum atomic E-state index is 12.1. The van der Waals surface area contributed by atoms with E-state index in [2.05, 4.69) is 9.47 Å². The van der Waals surface area contributed by atoms with Crippen LogP contribution in [0.2, 0.25) is 0 Å². The summed E-state index contributed by atoms with van der Waals surface area (Å²) in [6.07, 6.45) is 0. The van der Waals surface area contributed by atoms with Gasteiger partial charge >= 0.3 is 6.04 Å². The molecule has 1 heterocycles. The van der Waals surface area contributed by atoms with Crippen molar-refractivity contribution in [3.05, 3.63) is 0 Å². The van der Waals surface area contributed by atoms with Crippen LogP contribution in [-0.4, -0.2) is 31.0 Å². The topological polar surface area (TPSA) is 38.7 Å². The molecule has 0 aromatic carbocycles. The number of ether oxygens (including phenoxy) is 2. The van der Waals surface area contributed by atoms with E-state index in [9.17, 15) is 4.39 Å². The lowest BCUT2D eigenvalue weighted by Crippen LogP contribution is -2.38. The first-order valence-corrected chi connectivity index (χ1v) is 2.34. The standard InChI is InChI=1S/C4H7FO3/c5-4(6)3-7-1-2-8-4/h6H,1-3H2. The third-order valence-electron chi connectivity index (χ3n) is 0.831. The van der Waals surface area contributed by atoms with Crippen LogP contribution in [0, 0.1) is 0 Å². The van der Waals surface area contributed by atoms with Gasteiger partial charge in [0.15, 0.2) is 0 Å². The highest BCUT2D eigenvalue weighted by Crippen LogP contribution is 2.12. The molecule has 0 radical (unpaired) electrons. The second-order valence-corrected chi connectivity index (χ2v) is 1.59. The lowest BCUT2D eigenvalue weighted by Gasteiger charge is -2.23. The average molecular weight is 122 g/mol. The van der Waals surface area contributed by atoms with Gasteiger partial charge in [-0.2, -0.15) is 4.39 Å². The minimum atomic E-state index is -2.54. The van der Waals surface area contributed by atoms with Gasteiger partial charge in [-0.1, -0.05) is 0 Å². The van der Waals surface area contributed by atoms with E-state index in [1.807, 2.05) is 0 Å². The molecule has 0 aromatic heterocycles. The summed E-state index contributed by atoms with van der Waals surface area (Å²) >= 11 is 0. The molecule has 1 aliphatic rings. The van der Waals surface area contributed by atoms with Crippen molar-refractivity contribution in [3.63, 3.8) is 0 Å². The Morgan fingerprint density at radius 2 is 2.25 bits per heavy atom. The number of rotatable bonds is 0. The predicted molar refractivity (Wildman–Crippen MR) is 22.8 cm³/mol. The van der Waals surface area contributed by atoms with Crippen molar-refractivity contribution in [1.29, 1.82) is 0 Å². The van der Waals surface area contributed by atoms with Gasteiger partial charge in [0.05, 0.1) is 13.2 Å². The fourth-order valence-electron chi connectivity index (χ4n) is 0.497. The Hall–Kier alpha value is -0.190. The number of aliphatic hydroxyl groups is 1. The van der Waals surface area contributed by atoms with E-state index in [1.165, 1.54) is 0 Å². The molecule has 1 saturated heterocycles. The van der Waals surface area contributed by atoms with E-state index in [4.69, 9.17) is 5.11 Å². The molecule has 0 amide bonds. The fourth-order valence-corrected chi connectivity index (χ4v) is 0.497. The lowest BCUT2D eigenvalue weighted by molar-refractivity contribution is -0.338. The van der Waals surface area contributed by atoms with Gasteiger partial charge in [-0.05, 0) is 0 Å². The van der Waals surface area contributed by atoms with Crippen molar-refractivity contribution < 1.29 is 19.0 Å². The van der Waals surface area contributed by atoms with Gasteiger partial charge in [-0.15, -0.1) is 0 Å². The normalized spacial score (nSPS) is 39.8. The molecule has 1 fully saturated rings. The number of hydrogen-bond donors (Lipinski definition) is 1. The molecule has 1 N–H and O–H groups in total. The molecule has 1 unspecified atom stereocenters. The average Bonchev–Trinajstić information content (AvgIpc) is 1.65. The van der Waals surface area contributed by atoms with Gasteiger partial charge in [0.1, 0.15) is 6.61 Å². The van der Waals surface area contributed by atoms with E-state index < -0.39 is 6.04 Å². The Morgan fingerprint density at radius 1 is 1.50 bits per heavy atom. The summed E-state index contributed by atoms with van der Waals surface area (Å²) in [5.41, 5.74) is 0. The Morgan fingerprint density at radius 3 is 2.50 bits per heavy atom. The first-order valence-electron chi connectivity index (χ1n) is 2.34. The predicted octanol–water partition coefficient (Wildman–Crippen LogP) is -0.351. The third kappa shape index (κ3) is 1.40. The SMILES string of the molecule is OC1(F)COCCO1. The van der Waals surface area contributed by atoms with Gasteiger partial charge in [0.2, 0.25) is 0 Å². The number of alkyl halides is 1. The van der Waals surface area contributed by atoms with Crippen molar-refractivity contribution in [2.24, 2.45) is 0 Å². The van der Waals surface area contributed by atoms with Crippen LogP contribution in [0.3, 0.4) is 0 Å². The smallest absolute Gasteiger partial charge is 0.342 e. The summed E-state index contributed by atoms with van der Waals surface area (Å²) in [7, 11) is 0. The first-order chi connectivity index (χ1) is 3.71. The Kier molecular flexibility index (Phi) is 1.46. The monoisotopic (exact) mass is 122 g/mol. The molecule has 1 rings (SSSR count). The van der Waals surface area contributed by atoms with E-state index in [1.54, 1.807) is 0 Å². The molecule has 1 aliphatic heterocycles. The van der Waals surface area contributed by atoms with Crippen LogP contribution >= 0.6 is 0 Å². The molecule has 0 aromatic rings. The first kappa shape index (κ1) is 5.94. The van der Waals surface area contributed by atoms with Crippen molar-refractivity contribution in [1.82, 2.24) is 0 Å². The highest BCUT2D eigenvalue weighted by atomic mass is 19.2. The van der Waals surface area contributed by atoms with Crippen LogP contribution in [0.5, 0.6) is 0 Å². The minimum absolute atomic E-state index is 0.118. The van der Waals surface area contributed by atoms with Crippen molar-refractivity contribution in [3.8, 4) is 0 Å². The summed E-state index contributed by atoms with van der Waals surface area (Å²) < 4.78 is 20.8. The zero-order chi connectivity index (χ0) is 6.04. The van der Waals surface area contributed by atoms with Gasteiger partial charge in [0.25, 0.3) is 0 Å². The summed E-state index contributed by atoms with van der Waals surface area (Å²) in [6, 6.07) is -2.54. The minimum Gasteiger partial charge on any atom is -0.370 e. The second-order valence-electron chi connectivity index (χ2n) is 1.59. The highest BCUT2D eigenvalue weighted by molar-refractivity contribution is 4.53. The summed E-state index contributed by atoms with van der Waals surface area (Å²) in [6.45, 7) is 0.0895.